The number of aromatic nitrogens is 3. The molecule has 0 bridgehead atoms. The molecule has 3 aromatic rings. The van der Waals surface area contributed by atoms with Crippen LogP contribution in [0, 0.1) is 5.82 Å². The average Bonchev–Trinajstić information content (AvgIpc) is 2.80. The summed E-state index contributed by atoms with van der Waals surface area (Å²) in [5.74, 6) is 1.21. The van der Waals surface area contributed by atoms with Crippen LogP contribution < -0.4 is 10.6 Å². The smallest absolute Gasteiger partial charge is 0.254 e. The van der Waals surface area contributed by atoms with E-state index in [1.165, 1.54) is 12.1 Å². The van der Waals surface area contributed by atoms with Gasteiger partial charge in [-0.3, -0.25) is 4.79 Å². The van der Waals surface area contributed by atoms with E-state index in [0.29, 0.717) is 48.4 Å². The number of halogens is 1. The minimum atomic E-state index is -0.404. The van der Waals surface area contributed by atoms with Crippen LogP contribution in [0.4, 0.5) is 21.8 Å². The highest BCUT2D eigenvalue weighted by atomic mass is 19.1. The number of nitrogens with one attached hydrogen (secondary N) is 2. The van der Waals surface area contributed by atoms with Crippen molar-refractivity contribution in [3.63, 3.8) is 0 Å². The average molecular weight is 408 g/mol. The molecule has 1 fully saturated rings. The third-order valence-corrected chi connectivity index (χ3v) is 4.70. The topological polar surface area (TPSA) is 92.3 Å². The molecule has 0 aromatic carbocycles. The number of pyridine rings is 3. The van der Waals surface area contributed by atoms with Gasteiger partial charge in [0.2, 0.25) is 0 Å². The number of ether oxygens (including phenoxy) is 1. The van der Waals surface area contributed by atoms with Crippen molar-refractivity contribution in [2.24, 2.45) is 0 Å². The molecule has 30 heavy (non-hydrogen) atoms. The molecule has 3 aromatic heterocycles. The Hall–Kier alpha value is -3.59. The van der Waals surface area contributed by atoms with Gasteiger partial charge >= 0.3 is 0 Å². The number of rotatable bonds is 5. The molecule has 0 saturated carbocycles. The van der Waals surface area contributed by atoms with Crippen LogP contribution >= 0.6 is 0 Å². The predicted molar refractivity (Wildman–Crippen MR) is 110 cm³/mol. The van der Waals surface area contributed by atoms with Gasteiger partial charge in [0.1, 0.15) is 29.4 Å². The lowest BCUT2D eigenvalue weighted by Gasteiger charge is -2.33. The van der Waals surface area contributed by atoms with Crippen LogP contribution in [-0.2, 0) is 4.74 Å². The maximum absolute atomic E-state index is 13.0. The Morgan fingerprint density at radius 3 is 2.87 bits per heavy atom. The Balaban J connectivity index is 1.47. The third-order valence-electron chi connectivity index (χ3n) is 4.70. The molecule has 1 amide bonds. The van der Waals surface area contributed by atoms with E-state index in [-0.39, 0.29) is 12.0 Å². The first-order valence-electron chi connectivity index (χ1n) is 9.52. The van der Waals surface area contributed by atoms with Crippen molar-refractivity contribution in [2.75, 3.05) is 37.4 Å². The molecule has 1 atom stereocenters. The molecule has 8 nitrogen and oxygen atoms in total. The predicted octanol–water partition coefficient (Wildman–Crippen LogP) is 3.01. The first-order valence-corrected chi connectivity index (χ1v) is 9.52. The highest BCUT2D eigenvalue weighted by molar-refractivity contribution is 5.94. The number of carbonyl (C=O) groups excluding carboxylic acids is 1. The largest absolute Gasteiger partial charge is 0.373 e. The van der Waals surface area contributed by atoms with E-state index in [1.54, 1.807) is 36.3 Å². The lowest BCUT2D eigenvalue weighted by atomic mass is 10.1. The van der Waals surface area contributed by atoms with Gasteiger partial charge in [-0.05, 0) is 36.4 Å². The molecule has 4 heterocycles. The summed E-state index contributed by atoms with van der Waals surface area (Å²) < 4.78 is 18.9. The lowest BCUT2D eigenvalue weighted by molar-refractivity contribution is -0.0246. The Labute approximate surface area is 173 Å². The summed E-state index contributed by atoms with van der Waals surface area (Å²) in [7, 11) is 1.76. The summed E-state index contributed by atoms with van der Waals surface area (Å²) in [6, 6.07) is 11.8. The molecule has 1 saturated heterocycles. The summed E-state index contributed by atoms with van der Waals surface area (Å²) in [5, 5.41) is 5.98. The van der Waals surface area contributed by atoms with E-state index in [2.05, 4.69) is 25.6 Å². The number of morpholine rings is 1. The monoisotopic (exact) mass is 408 g/mol. The normalized spacial score (nSPS) is 16.2. The van der Waals surface area contributed by atoms with Gasteiger partial charge in [-0.1, -0.05) is 6.07 Å². The van der Waals surface area contributed by atoms with E-state index in [4.69, 9.17) is 4.74 Å². The van der Waals surface area contributed by atoms with Crippen molar-refractivity contribution in [1.82, 2.24) is 19.9 Å². The number of nitrogens with zero attached hydrogens (tertiary/aromatic N) is 4. The highest BCUT2D eigenvalue weighted by Crippen LogP contribution is 2.24. The van der Waals surface area contributed by atoms with Gasteiger partial charge in [-0.15, -0.1) is 0 Å². The zero-order valence-corrected chi connectivity index (χ0v) is 16.4. The standard InChI is InChI=1S/C21H21FN6O2/c1-23-20-11-14(7-8-24-20)21(29)28-9-10-30-17(13-28)16-3-2-4-19(26-16)27-18-6-5-15(22)12-25-18/h2-8,11-12,17H,9-10,13H2,1H3,(H,23,24)(H,25,26,27)/t17-/m1/s1. The van der Waals surface area contributed by atoms with Crippen LogP contribution in [0.1, 0.15) is 22.2 Å². The fourth-order valence-corrected chi connectivity index (χ4v) is 3.18. The molecule has 2 N–H and O–H groups in total. The van der Waals surface area contributed by atoms with Crippen LogP contribution in [0.2, 0.25) is 0 Å². The van der Waals surface area contributed by atoms with Crippen LogP contribution in [0.3, 0.4) is 0 Å². The number of anilines is 3. The van der Waals surface area contributed by atoms with Crippen molar-refractivity contribution in [1.29, 1.82) is 0 Å². The van der Waals surface area contributed by atoms with Gasteiger partial charge in [-0.25, -0.2) is 19.3 Å². The van der Waals surface area contributed by atoms with E-state index in [0.717, 1.165) is 6.20 Å². The number of carbonyl (C=O) groups is 1. The van der Waals surface area contributed by atoms with E-state index in [1.807, 2.05) is 12.1 Å². The molecular formula is C21H21FN6O2. The molecule has 1 aliphatic rings. The molecule has 4 rings (SSSR count). The lowest BCUT2D eigenvalue weighted by Crippen LogP contribution is -2.42. The fraction of sp³-hybridized carbons (Fsp3) is 0.238. The first-order chi connectivity index (χ1) is 14.6. The zero-order valence-electron chi connectivity index (χ0n) is 16.4. The van der Waals surface area contributed by atoms with Crippen LogP contribution in [0.15, 0.2) is 54.9 Å². The summed E-state index contributed by atoms with van der Waals surface area (Å²) in [5.41, 5.74) is 1.27. The SMILES string of the molecule is CNc1cc(C(=O)N2CCO[C@@H](c3cccc(Nc4ccc(F)cn4)n3)C2)ccn1. The van der Waals surface area contributed by atoms with Crippen LogP contribution in [0.25, 0.3) is 0 Å². The Kier molecular flexibility index (Phi) is 5.80. The zero-order chi connectivity index (χ0) is 20.9. The summed E-state index contributed by atoms with van der Waals surface area (Å²) >= 11 is 0. The van der Waals surface area contributed by atoms with Crippen molar-refractivity contribution in [2.45, 2.75) is 6.10 Å². The molecular weight excluding hydrogens is 387 g/mol. The van der Waals surface area contributed by atoms with Crippen molar-refractivity contribution in [3.8, 4) is 0 Å². The van der Waals surface area contributed by atoms with Crippen molar-refractivity contribution < 1.29 is 13.9 Å². The molecule has 9 heteroatoms. The number of amides is 1. The maximum atomic E-state index is 13.0. The number of hydrogen-bond acceptors (Lipinski definition) is 7. The second-order valence-corrected chi connectivity index (χ2v) is 6.72. The quantitative estimate of drug-likeness (QED) is 0.670. The maximum Gasteiger partial charge on any atom is 0.254 e. The molecule has 0 radical (unpaired) electrons. The van der Waals surface area contributed by atoms with Crippen LogP contribution in [0.5, 0.6) is 0 Å². The van der Waals surface area contributed by atoms with Gasteiger partial charge in [0, 0.05) is 25.4 Å². The second-order valence-electron chi connectivity index (χ2n) is 6.72. The Morgan fingerprint density at radius 2 is 2.07 bits per heavy atom. The van der Waals surface area contributed by atoms with E-state index < -0.39 is 5.82 Å². The molecule has 1 aliphatic heterocycles. The second kappa shape index (κ2) is 8.83. The molecule has 0 aliphatic carbocycles. The van der Waals surface area contributed by atoms with Crippen molar-refractivity contribution >= 4 is 23.4 Å². The molecule has 0 unspecified atom stereocenters. The van der Waals surface area contributed by atoms with Crippen LogP contribution in [-0.4, -0.2) is 52.5 Å². The number of hydrogen-bond donors (Lipinski definition) is 2. The summed E-state index contributed by atoms with van der Waals surface area (Å²) in [6.07, 6.45) is 2.40. The van der Waals surface area contributed by atoms with Gasteiger partial charge in [0.05, 0.1) is 25.0 Å². The summed E-state index contributed by atoms with van der Waals surface area (Å²) in [6.45, 7) is 1.31. The minimum Gasteiger partial charge on any atom is -0.373 e. The van der Waals surface area contributed by atoms with E-state index >= 15 is 0 Å². The molecule has 154 valence electrons. The fourth-order valence-electron chi connectivity index (χ4n) is 3.18. The Morgan fingerprint density at radius 1 is 1.17 bits per heavy atom. The molecule has 0 spiro atoms. The van der Waals surface area contributed by atoms with Crippen molar-refractivity contribution in [3.05, 3.63) is 71.9 Å². The van der Waals surface area contributed by atoms with Gasteiger partial charge in [0.15, 0.2) is 0 Å². The van der Waals surface area contributed by atoms with Gasteiger partial charge < -0.3 is 20.3 Å². The van der Waals surface area contributed by atoms with Gasteiger partial charge in [-0.2, -0.15) is 0 Å². The summed E-state index contributed by atoms with van der Waals surface area (Å²) in [4.78, 5) is 27.4. The Bertz CT molecular complexity index is 1030. The van der Waals surface area contributed by atoms with E-state index in [9.17, 15) is 9.18 Å². The third kappa shape index (κ3) is 4.52. The first kappa shape index (κ1) is 19.7. The minimum absolute atomic E-state index is 0.0769. The van der Waals surface area contributed by atoms with Gasteiger partial charge in [0.25, 0.3) is 5.91 Å². The highest BCUT2D eigenvalue weighted by Gasteiger charge is 2.27.